The van der Waals surface area contributed by atoms with E-state index in [1.165, 1.54) is 0 Å². The number of hydrogen-bond acceptors (Lipinski definition) is 3. The number of ether oxygens (including phenoxy) is 1. The van der Waals surface area contributed by atoms with Gasteiger partial charge in [0.05, 0.1) is 12.3 Å². The van der Waals surface area contributed by atoms with Crippen LogP contribution in [-0.2, 0) is 14.3 Å². The second kappa shape index (κ2) is 9.36. The van der Waals surface area contributed by atoms with Crippen molar-refractivity contribution in [3.05, 3.63) is 72.8 Å². The van der Waals surface area contributed by atoms with Crippen molar-refractivity contribution in [2.75, 3.05) is 0 Å². The van der Waals surface area contributed by atoms with E-state index in [1.54, 1.807) is 26.8 Å². The van der Waals surface area contributed by atoms with E-state index in [1.807, 2.05) is 54.6 Å². The van der Waals surface area contributed by atoms with E-state index in [4.69, 9.17) is 4.74 Å². The Morgan fingerprint density at radius 1 is 1.04 bits per heavy atom. The third kappa shape index (κ3) is 6.08. The smallest absolute Gasteiger partial charge is 0.307 e. The number of hydrogen-bond donors (Lipinski definition) is 1. The summed E-state index contributed by atoms with van der Waals surface area (Å²) in [6, 6.07) is 17.8. The normalized spacial score (nSPS) is 13.4. The highest BCUT2D eigenvalue weighted by atomic mass is 16.6. The van der Waals surface area contributed by atoms with Crippen LogP contribution in [0.2, 0.25) is 0 Å². The maximum Gasteiger partial charge on any atom is 0.307 e. The van der Waals surface area contributed by atoms with Crippen LogP contribution in [0.3, 0.4) is 0 Å². The van der Waals surface area contributed by atoms with Crippen LogP contribution in [0.4, 0.5) is 0 Å². The van der Waals surface area contributed by atoms with Gasteiger partial charge in [-0.2, -0.15) is 0 Å². The van der Waals surface area contributed by atoms with Crippen LogP contribution in [0.25, 0.3) is 11.1 Å². The zero-order chi connectivity index (χ0) is 20.7. The van der Waals surface area contributed by atoms with Gasteiger partial charge >= 0.3 is 11.9 Å². The monoisotopic (exact) mass is 380 g/mol. The average molecular weight is 380 g/mol. The first kappa shape index (κ1) is 21.4. The first-order chi connectivity index (χ1) is 13.2. The molecule has 0 heterocycles. The molecular weight excluding hydrogens is 352 g/mol. The molecule has 0 fully saturated rings. The minimum Gasteiger partial charge on any atom is -0.481 e. The Bertz CT molecular complexity index is 801. The number of allylic oxidation sites excluding steroid dienone is 1. The summed E-state index contributed by atoms with van der Waals surface area (Å²) < 4.78 is 5.33. The van der Waals surface area contributed by atoms with Crippen molar-refractivity contribution in [2.45, 2.75) is 45.1 Å². The number of carboxylic acids is 1. The Hall–Kier alpha value is -2.88. The molecule has 0 amide bonds. The Morgan fingerprint density at radius 3 is 2.11 bits per heavy atom. The van der Waals surface area contributed by atoms with Crippen molar-refractivity contribution in [1.82, 2.24) is 0 Å². The molecule has 0 bridgehead atoms. The fraction of sp³-hybridized carbons (Fsp3) is 0.333. The molecule has 0 spiro atoms. The quantitative estimate of drug-likeness (QED) is 0.489. The van der Waals surface area contributed by atoms with Crippen LogP contribution >= 0.6 is 0 Å². The van der Waals surface area contributed by atoms with Crippen LogP contribution in [0.15, 0.2) is 67.3 Å². The second-order valence-corrected chi connectivity index (χ2v) is 7.85. The molecule has 2 aromatic rings. The number of carbonyl (C=O) groups is 2. The molecule has 0 aliphatic carbocycles. The Kier molecular flexibility index (Phi) is 7.16. The lowest BCUT2D eigenvalue weighted by Gasteiger charge is -2.25. The highest BCUT2D eigenvalue weighted by Crippen LogP contribution is 2.33. The summed E-state index contributed by atoms with van der Waals surface area (Å²) in [7, 11) is 0. The van der Waals surface area contributed by atoms with Gasteiger partial charge in [-0.25, -0.2) is 0 Å². The maximum absolute atomic E-state index is 12.2. The van der Waals surface area contributed by atoms with Crippen LogP contribution in [-0.4, -0.2) is 22.6 Å². The van der Waals surface area contributed by atoms with Crippen molar-refractivity contribution in [1.29, 1.82) is 0 Å². The lowest BCUT2D eigenvalue weighted by atomic mass is 9.81. The molecule has 0 saturated carbocycles. The Labute approximate surface area is 166 Å². The van der Waals surface area contributed by atoms with Gasteiger partial charge in [-0.05, 0) is 43.9 Å². The molecule has 4 heteroatoms. The summed E-state index contributed by atoms with van der Waals surface area (Å²) in [6.45, 7) is 9.07. The van der Waals surface area contributed by atoms with E-state index >= 15 is 0 Å². The zero-order valence-electron chi connectivity index (χ0n) is 16.7. The van der Waals surface area contributed by atoms with Gasteiger partial charge in [0.2, 0.25) is 0 Å². The molecule has 2 aromatic carbocycles. The molecule has 148 valence electrons. The summed E-state index contributed by atoms with van der Waals surface area (Å²) in [4.78, 5) is 24.2. The summed E-state index contributed by atoms with van der Waals surface area (Å²) in [5.74, 6) is -2.75. The third-order valence-electron chi connectivity index (χ3n) is 4.48. The number of rotatable bonds is 8. The predicted molar refractivity (Wildman–Crippen MR) is 111 cm³/mol. The van der Waals surface area contributed by atoms with E-state index < -0.39 is 23.5 Å². The van der Waals surface area contributed by atoms with Crippen LogP contribution < -0.4 is 0 Å². The molecule has 2 atom stereocenters. The zero-order valence-corrected chi connectivity index (χ0v) is 16.7. The number of carbonyl (C=O) groups excluding carboxylic acids is 1. The highest BCUT2D eigenvalue weighted by Gasteiger charge is 2.32. The maximum atomic E-state index is 12.2. The van der Waals surface area contributed by atoms with Gasteiger partial charge in [-0.15, -0.1) is 6.58 Å². The molecule has 2 rings (SSSR count). The summed E-state index contributed by atoms with van der Waals surface area (Å²) in [5, 5.41) is 9.77. The fourth-order valence-corrected chi connectivity index (χ4v) is 3.23. The number of esters is 1. The molecular formula is C24H28O4. The Morgan fingerprint density at radius 2 is 1.61 bits per heavy atom. The van der Waals surface area contributed by atoms with Gasteiger partial charge < -0.3 is 9.84 Å². The molecule has 0 radical (unpaired) electrons. The van der Waals surface area contributed by atoms with Gasteiger partial charge in [0, 0.05) is 5.92 Å². The average Bonchev–Trinajstić information content (AvgIpc) is 2.64. The lowest BCUT2D eigenvalue weighted by Crippen LogP contribution is -2.30. The van der Waals surface area contributed by atoms with E-state index in [0.29, 0.717) is 6.42 Å². The first-order valence-electron chi connectivity index (χ1n) is 9.42. The molecule has 1 N–H and O–H groups in total. The number of benzene rings is 2. The van der Waals surface area contributed by atoms with Crippen LogP contribution in [0.1, 0.15) is 45.1 Å². The van der Waals surface area contributed by atoms with Crippen LogP contribution in [0.5, 0.6) is 0 Å². The van der Waals surface area contributed by atoms with Crippen molar-refractivity contribution in [2.24, 2.45) is 5.92 Å². The minimum absolute atomic E-state index is 0.175. The molecule has 4 nitrogen and oxygen atoms in total. The summed E-state index contributed by atoms with van der Waals surface area (Å²) in [5.41, 5.74) is 2.37. The van der Waals surface area contributed by atoms with Crippen LogP contribution in [0, 0.1) is 5.92 Å². The van der Waals surface area contributed by atoms with Crippen molar-refractivity contribution in [3.63, 3.8) is 0 Å². The molecule has 0 aliphatic heterocycles. The summed E-state index contributed by atoms with van der Waals surface area (Å²) in [6.07, 6.45) is 1.98. The first-order valence-corrected chi connectivity index (χ1v) is 9.42. The van der Waals surface area contributed by atoms with Gasteiger partial charge in [0.25, 0.3) is 0 Å². The largest absolute Gasteiger partial charge is 0.481 e. The van der Waals surface area contributed by atoms with E-state index in [9.17, 15) is 14.7 Å². The fourth-order valence-electron chi connectivity index (χ4n) is 3.23. The van der Waals surface area contributed by atoms with E-state index in [-0.39, 0.29) is 12.3 Å². The van der Waals surface area contributed by atoms with E-state index in [0.717, 1.165) is 16.7 Å². The molecule has 0 unspecified atom stereocenters. The van der Waals surface area contributed by atoms with Crippen molar-refractivity contribution < 1.29 is 19.4 Å². The second-order valence-electron chi connectivity index (χ2n) is 7.85. The SMILES string of the molecule is C=CC[C@H](c1ccc(-c2ccccc2)cc1)[C@H](CC(=O)OC(C)(C)C)C(=O)O. The topological polar surface area (TPSA) is 63.6 Å². The molecule has 0 aromatic heterocycles. The molecule has 0 saturated heterocycles. The number of carboxylic acid groups (broad SMARTS) is 1. The lowest BCUT2D eigenvalue weighted by molar-refractivity contribution is -0.160. The van der Waals surface area contributed by atoms with Crippen molar-refractivity contribution >= 4 is 11.9 Å². The van der Waals surface area contributed by atoms with Gasteiger partial charge in [0.15, 0.2) is 0 Å². The van der Waals surface area contributed by atoms with E-state index in [2.05, 4.69) is 6.58 Å². The predicted octanol–water partition coefficient (Wildman–Crippen LogP) is 5.45. The van der Waals surface area contributed by atoms with Gasteiger partial charge in [-0.1, -0.05) is 60.7 Å². The van der Waals surface area contributed by atoms with Crippen molar-refractivity contribution in [3.8, 4) is 11.1 Å². The Balaban J connectivity index is 2.26. The summed E-state index contributed by atoms with van der Waals surface area (Å²) >= 11 is 0. The standard InChI is InChI=1S/C24H28O4/c1-5-9-20(21(23(26)27)16-22(25)28-24(2,3)4)19-14-12-18(13-15-19)17-10-7-6-8-11-17/h5-8,10-15,20-21H,1,9,16H2,2-4H3,(H,26,27)/t20-,21+/m1/s1. The van der Waals surface area contributed by atoms with Gasteiger partial charge in [-0.3, -0.25) is 9.59 Å². The third-order valence-corrected chi connectivity index (χ3v) is 4.48. The highest BCUT2D eigenvalue weighted by molar-refractivity contribution is 5.80. The number of aliphatic carboxylic acids is 1. The minimum atomic E-state index is -1.01. The molecule has 0 aliphatic rings. The van der Waals surface area contributed by atoms with Gasteiger partial charge in [0.1, 0.15) is 5.60 Å². The molecule has 28 heavy (non-hydrogen) atoms.